The number of ketones is 1. The summed E-state index contributed by atoms with van der Waals surface area (Å²) in [6.07, 6.45) is 8.59. The molecule has 0 radical (unpaired) electrons. The predicted octanol–water partition coefficient (Wildman–Crippen LogP) is 4.23. The fourth-order valence-electron chi connectivity index (χ4n) is 8.14. The number of rotatable bonds is 3. The second-order valence-corrected chi connectivity index (χ2v) is 10.7. The average Bonchev–Trinajstić information content (AvgIpc) is 3.01. The van der Waals surface area contributed by atoms with Gasteiger partial charge in [0.2, 0.25) is 5.91 Å². The highest BCUT2D eigenvalue weighted by Gasteiger charge is 2.60. The molecule has 0 bridgehead atoms. The van der Waals surface area contributed by atoms with Gasteiger partial charge in [0.05, 0.1) is 5.70 Å². The van der Waals surface area contributed by atoms with Gasteiger partial charge in [0.1, 0.15) is 0 Å². The third-order valence-electron chi connectivity index (χ3n) is 9.47. The van der Waals surface area contributed by atoms with Gasteiger partial charge in [-0.25, -0.2) is 0 Å². The van der Waals surface area contributed by atoms with Crippen molar-refractivity contribution in [2.24, 2.45) is 40.4 Å². The Kier molecular flexibility index (Phi) is 5.01. The van der Waals surface area contributed by atoms with E-state index >= 15 is 0 Å². The van der Waals surface area contributed by atoms with Crippen LogP contribution in [0.3, 0.4) is 0 Å². The van der Waals surface area contributed by atoms with E-state index < -0.39 is 0 Å². The highest BCUT2D eigenvalue weighted by Crippen LogP contribution is 2.67. The van der Waals surface area contributed by atoms with Gasteiger partial charge in [-0.05, 0) is 90.9 Å². The molecule has 2 N–H and O–H groups in total. The molecule has 4 aliphatic carbocycles. The maximum atomic E-state index is 12.6. The van der Waals surface area contributed by atoms with Gasteiger partial charge in [-0.1, -0.05) is 20.8 Å². The Hall–Kier alpha value is -1.16. The molecule has 0 aromatic rings. The number of allylic oxidation sites excluding steroid dienone is 1. The number of carbonyl (C=O) groups excluding carboxylic acids is 2. The minimum atomic E-state index is -0.130. The van der Waals surface area contributed by atoms with Gasteiger partial charge in [-0.3, -0.25) is 9.59 Å². The van der Waals surface area contributed by atoms with Crippen molar-refractivity contribution < 1.29 is 14.7 Å². The van der Waals surface area contributed by atoms with E-state index in [2.05, 4.69) is 26.1 Å². The summed E-state index contributed by atoms with van der Waals surface area (Å²) in [7, 11) is 0. The molecule has 3 fully saturated rings. The van der Waals surface area contributed by atoms with Gasteiger partial charge >= 0.3 is 0 Å². The smallest absolute Gasteiger partial charge is 0.221 e. The monoisotopic (exact) mass is 387 g/mol. The van der Waals surface area contributed by atoms with E-state index in [1.807, 2.05) is 0 Å². The topological polar surface area (TPSA) is 66.4 Å². The SMILES string of the molecule is CC(=O)NC1=C2CC[C@H]3[C@@H]4CC[C@H]([C@H](C)CO)[C@@]4(C)CC[C@@H]3[C@@]2(C)CCC1=O. The molecule has 4 heteroatoms. The molecule has 156 valence electrons. The molecule has 0 unspecified atom stereocenters. The first-order valence-corrected chi connectivity index (χ1v) is 11.4. The van der Waals surface area contributed by atoms with Crippen molar-refractivity contribution >= 4 is 11.7 Å². The number of hydrogen-bond acceptors (Lipinski definition) is 3. The van der Waals surface area contributed by atoms with Crippen molar-refractivity contribution in [3.63, 3.8) is 0 Å². The van der Waals surface area contributed by atoms with Crippen LogP contribution in [0.25, 0.3) is 0 Å². The van der Waals surface area contributed by atoms with E-state index in [0.717, 1.165) is 31.1 Å². The molecule has 1 amide bonds. The summed E-state index contributed by atoms with van der Waals surface area (Å²) < 4.78 is 0. The highest BCUT2D eigenvalue weighted by molar-refractivity contribution is 6.00. The van der Waals surface area contributed by atoms with E-state index in [4.69, 9.17) is 0 Å². The van der Waals surface area contributed by atoms with E-state index in [-0.39, 0.29) is 17.1 Å². The quantitative estimate of drug-likeness (QED) is 0.762. The van der Waals surface area contributed by atoms with E-state index in [1.54, 1.807) is 0 Å². The maximum absolute atomic E-state index is 12.6. The van der Waals surface area contributed by atoms with Gasteiger partial charge in [-0.2, -0.15) is 0 Å². The number of aliphatic hydroxyl groups excluding tert-OH is 1. The normalized spacial score (nSPS) is 43.8. The number of Topliss-reactive ketones (excluding diaryl/α,β-unsaturated/α-hetero) is 1. The van der Waals surface area contributed by atoms with Crippen LogP contribution in [0.15, 0.2) is 11.3 Å². The fraction of sp³-hybridized carbons (Fsp3) is 0.833. The van der Waals surface area contributed by atoms with Gasteiger partial charge in [0, 0.05) is 20.0 Å². The highest BCUT2D eigenvalue weighted by atomic mass is 16.3. The first kappa shape index (κ1) is 20.1. The molecule has 0 saturated heterocycles. The lowest BCUT2D eigenvalue weighted by Gasteiger charge is -2.58. The van der Waals surface area contributed by atoms with Gasteiger partial charge < -0.3 is 10.4 Å². The van der Waals surface area contributed by atoms with Crippen LogP contribution in [-0.4, -0.2) is 23.4 Å². The van der Waals surface area contributed by atoms with Crippen molar-refractivity contribution in [1.82, 2.24) is 5.32 Å². The molecule has 0 aromatic heterocycles. The third-order valence-corrected chi connectivity index (χ3v) is 9.47. The summed E-state index contributed by atoms with van der Waals surface area (Å²) in [6, 6.07) is 0. The molecule has 4 aliphatic rings. The van der Waals surface area contributed by atoms with Crippen LogP contribution >= 0.6 is 0 Å². The van der Waals surface area contributed by atoms with Crippen molar-refractivity contribution in [3.8, 4) is 0 Å². The lowest BCUT2D eigenvalue weighted by Crippen LogP contribution is -2.52. The maximum Gasteiger partial charge on any atom is 0.221 e. The van der Waals surface area contributed by atoms with Crippen molar-refractivity contribution in [3.05, 3.63) is 11.3 Å². The Morgan fingerprint density at radius 1 is 1.14 bits per heavy atom. The average molecular weight is 388 g/mol. The first-order chi connectivity index (χ1) is 13.2. The van der Waals surface area contributed by atoms with Crippen LogP contribution < -0.4 is 5.32 Å². The van der Waals surface area contributed by atoms with E-state index in [0.29, 0.717) is 41.9 Å². The second kappa shape index (κ2) is 6.97. The summed E-state index contributed by atoms with van der Waals surface area (Å²) in [5.41, 5.74) is 2.27. The summed E-state index contributed by atoms with van der Waals surface area (Å²) >= 11 is 0. The van der Waals surface area contributed by atoms with Gasteiger partial charge in [-0.15, -0.1) is 0 Å². The van der Waals surface area contributed by atoms with Crippen LogP contribution in [0.4, 0.5) is 0 Å². The molecule has 7 atom stereocenters. The van der Waals surface area contributed by atoms with Gasteiger partial charge in [0.15, 0.2) is 5.78 Å². The Bertz CT molecular complexity index is 713. The summed E-state index contributed by atoms with van der Waals surface area (Å²) in [5, 5.41) is 12.7. The Morgan fingerprint density at radius 3 is 2.57 bits per heavy atom. The standard InChI is InChI=1S/C24H37NO3/c1-14(13-26)17-7-8-18-16-5-6-20-22(25-15(2)27)21(28)10-12-24(20,4)19(16)9-11-23(17,18)3/h14,16-19,26H,5-13H2,1-4H3,(H,25,27)/t14-,16+,17-,18+,19+,23-,24-/m1/s1. The zero-order chi connectivity index (χ0) is 20.3. The van der Waals surface area contributed by atoms with Gasteiger partial charge in [0.25, 0.3) is 0 Å². The molecule has 0 heterocycles. The van der Waals surface area contributed by atoms with Crippen molar-refractivity contribution in [2.45, 2.75) is 79.1 Å². The third kappa shape index (κ3) is 2.81. The molecule has 28 heavy (non-hydrogen) atoms. The van der Waals surface area contributed by atoms with Crippen LogP contribution in [0.5, 0.6) is 0 Å². The van der Waals surface area contributed by atoms with E-state index in [9.17, 15) is 14.7 Å². The molecule has 0 aliphatic heterocycles. The number of hydrogen-bond donors (Lipinski definition) is 2. The zero-order valence-electron chi connectivity index (χ0n) is 18.0. The molecule has 4 rings (SSSR count). The first-order valence-electron chi connectivity index (χ1n) is 11.4. The molecule has 0 aromatic carbocycles. The van der Waals surface area contributed by atoms with E-state index in [1.165, 1.54) is 38.2 Å². The summed E-state index contributed by atoms with van der Waals surface area (Å²) in [6.45, 7) is 8.90. The molecule has 0 spiro atoms. The second-order valence-electron chi connectivity index (χ2n) is 10.7. The molecule has 4 nitrogen and oxygen atoms in total. The Balaban J connectivity index is 1.67. The number of nitrogens with one attached hydrogen (secondary N) is 1. The minimum absolute atomic E-state index is 0.0522. The number of fused-ring (bicyclic) bond motifs is 5. The van der Waals surface area contributed by atoms with Crippen LogP contribution in [0.1, 0.15) is 79.1 Å². The number of aliphatic hydroxyl groups is 1. The lowest BCUT2D eigenvalue weighted by molar-refractivity contribution is -0.123. The minimum Gasteiger partial charge on any atom is -0.396 e. The van der Waals surface area contributed by atoms with Crippen LogP contribution in [0.2, 0.25) is 0 Å². The largest absolute Gasteiger partial charge is 0.396 e. The molecule has 3 saturated carbocycles. The van der Waals surface area contributed by atoms with Crippen molar-refractivity contribution in [1.29, 1.82) is 0 Å². The van der Waals surface area contributed by atoms with Crippen LogP contribution in [0, 0.1) is 40.4 Å². The Morgan fingerprint density at radius 2 is 1.89 bits per heavy atom. The van der Waals surface area contributed by atoms with Crippen molar-refractivity contribution in [2.75, 3.05) is 6.61 Å². The molecular weight excluding hydrogens is 350 g/mol. The lowest BCUT2D eigenvalue weighted by atomic mass is 9.46. The fourth-order valence-corrected chi connectivity index (χ4v) is 8.14. The van der Waals surface area contributed by atoms with Crippen LogP contribution in [-0.2, 0) is 9.59 Å². The zero-order valence-corrected chi connectivity index (χ0v) is 18.0. The number of amides is 1. The summed E-state index contributed by atoms with van der Waals surface area (Å²) in [4.78, 5) is 24.3. The predicted molar refractivity (Wildman–Crippen MR) is 109 cm³/mol. The number of carbonyl (C=O) groups is 2. The summed E-state index contributed by atoms with van der Waals surface area (Å²) in [5.74, 6) is 3.10. The molecular formula is C24H37NO3. The Labute approximate surface area is 169 Å².